The molecule has 2 amide bonds. The van der Waals surface area contributed by atoms with Gasteiger partial charge in [0.1, 0.15) is 6.04 Å². The highest BCUT2D eigenvalue weighted by molar-refractivity contribution is 5.96. The minimum Gasteiger partial charge on any atom is -0.344 e. The molecule has 6 nitrogen and oxygen atoms in total. The zero-order chi connectivity index (χ0) is 13.9. The number of nitrogens with zero attached hydrogens (tertiary/aromatic N) is 1. The van der Waals surface area contributed by atoms with Gasteiger partial charge in [0.05, 0.1) is 0 Å². The maximum Gasteiger partial charge on any atom is 0.247 e. The van der Waals surface area contributed by atoms with E-state index in [9.17, 15) is 9.59 Å². The summed E-state index contributed by atoms with van der Waals surface area (Å²) in [6.07, 6.45) is 0. The van der Waals surface area contributed by atoms with Crippen LogP contribution in [-0.2, 0) is 9.59 Å². The van der Waals surface area contributed by atoms with Crippen molar-refractivity contribution in [3.8, 4) is 0 Å². The first-order valence-corrected chi connectivity index (χ1v) is 5.84. The van der Waals surface area contributed by atoms with Crippen molar-refractivity contribution in [2.75, 3.05) is 5.32 Å². The molecule has 18 heavy (non-hydrogen) atoms. The number of carbonyl (C=O) groups excluding carboxylic acids is 2. The number of H-pyrrole nitrogens is 1. The fraction of sp³-hybridized carbons (Fsp3) is 0.583. The van der Waals surface area contributed by atoms with Gasteiger partial charge in [0.2, 0.25) is 11.8 Å². The molecule has 0 fully saturated rings. The smallest absolute Gasteiger partial charge is 0.247 e. The average molecular weight is 252 g/mol. The van der Waals surface area contributed by atoms with Crippen molar-refractivity contribution in [1.29, 1.82) is 0 Å². The lowest BCUT2D eigenvalue weighted by molar-refractivity contribution is -0.131. The van der Waals surface area contributed by atoms with Crippen molar-refractivity contribution in [3.05, 3.63) is 11.8 Å². The molecule has 1 aromatic heterocycles. The van der Waals surface area contributed by atoms with E-state index in [1.165, 1.54) is 0 Å². The second-order valence-electron chi connectivity index (χ2n) is 5.37. The molecule has 0 aromatic carbocycles. The summed E-state index contributed by atoms with van der Waals surface area (Å²) in [5.41, 5.74) is 0.342. The molecule has 1 atom stereocenters. The lowest BCUT2D eigenvalue weighted by Gasteiger charge is -2.21. The summed E-state index contributed by atoms with van der Waals surface area (Å²) in [5.74, 6) is -0.00295. The monoisotopic (exact) mass is 252 g/mol. The van der Waals surface area contributed by atoms with E-state index in [0.717, 1.165) is 5.69 Å². The van der Waals surface area contributed by atoms with Crippen molar-refractivity contribution in [2.45, 2.75) is 40.7 Å². The lowest BCUT2D eigenvalue weighted by Crippen LogP contribution is -2.46. The number of aromatic nitrogens is 2. The summed E-state index contributed by atoms with van der Waals surface area (Å²) < 4.78 is 0. The molecule has 0 saturated heterocycles. The van der Waals surface area contributed by atoms with E-state index >= 15 is 0 Å². The number of amides is 2. The molecule has 1 aromatic rings. The minimum atomic E-state index is -0.603. The Bertz CT molecular complexity index is 445. The predicted molar refractivity (Wildman–Crippen MR) is 69.0 cm³/mol. The number of hydrogen-bond donors (Lipinski definition) is 3. The van der Waals surface area contributed by atoms with Crippen LogP contribution in [0.3, 0.4) is 0 Å². The van der Waals surface area contributed by atoms with Gasteiger partial charge < -0.3 is 10.6 Å². The van der Waals surface area contributed by atoms with Gasteiger partial charge in [-0.15, -0.1) is 0 Å². The average Bonchev–Trinajstić information content (AvgIpc) is 2.62. The molecule has 0 aliphatic carbocycles. The molecule has 0 radical (unpaired) electrons. The molecule has 3 N–H and O–H groups in total. The van der Waals surface area contributed by atoms with E-state index in [1.54, 1.807) is 33.8 Å². The van der Waals surface area contributed by atoms with E-state index in [2.05, 4.69) is 20.8 Å². The van der Waals surface area contributed by atoms with Crippen LogP contribution in [0.25, 0.3) is 0 Å². The number of rotatable bonds is 3. The van der Waals surface area contributed by atoms with E-state index in [0.29, 0.717) is 5.82 Å². The molecule has 0 spiro atoms. The third-order valence-electron chi connectivity index (χ3n) is 2.38. The Morgan fingerprint density at radius 3 is 2.44 bits per heavy atom. The number of aromatic amines is 1. The molecule has 1 unspecified atom stereocenters. The first-order chi connectivity index (χ1) is 8.20. The molecule has 0 aliphatic rings. The Morgan fingerprint density at radius 2 is 2.00 bits per heavy atom. The zero-order valence-corrected chi connectivity index (χ0v) is 11.4. The third-order valence-corrected chi connectivity index (χ3v) is 2.38. The van der Waals surface area contributed by atoms with Gasteiger partial charge in [-0.2, -0.15) is 5.10 Å². The molecular formula is C12H20N4O2. The number of nitrogens with one attached hydrogen (secondary N) is 3. The van der Waals surface area contributed by atoms with Crippen LogP contribution in [0.1, 0.15) is 33.4 Å². The Hall–Kier alpha value is -1.85. The Balaban J connectivity index is 2.54. The summed E-state index contributed by atoms with van der Waals surface area (Å²) in [6, 6.07) is 1.12. The molecule has 0 aliphatic heterocycles. The summed E-state index contributed by atoms with van der Waals surface area (Å²) in [5, 5.41) is 11.9. The molecule has 1 rings (SSSR count). The van der Waals surface area contributed by atoms with Gasteiger partial charge in [-0.3, -0.25) is 14.7 Å². The Morgan fingerprint density at radius 1 is 1.39 bits per heavy atom. The molecule has 0 bridgehead atoms. The zero-order valence-electron chi connectivity index (χ0n) is 11.4. The second kappa shape index (κ2) is 5.20. The number of hydrogen-bond acceptors (Lipinski definition) is 3. The van der Waals surface area contributed by atoms with Gasteiger partial charge >= 0.3 is 0 Å². The van der Waals surface area contributed by atoms with Crippen LogP contribution >= 0.6 is 0 Å². The van der Waals surface area contributed by atoms with Gasteiger partial charge in [0, 0.05) is 17.2 Å². The van der Waals surface area contributed by atoms with Crippen LogP contribution < -0.4 is 10.6 Å². The lowest BCUT2D eigenvalue weighted by atomic mass is 9.95. The Labute approximate surface area is 107 Å². The van der Waals surface area contributed by atoms with E-state index in [-0.39, 0.29) is 11.8 Å². The highest BCUT2D eigenvalue weighted by atomic mass is 16.2. The summed E-state index contributed by atoms with van der Waals surface area (Å²) in [4.78, 5) is 23.5. The molecular weight excluding hydrogens is 232 g/mol. The van der Waals surface area contributed by atoms with Crippen molar-refractivity contribution in [1.82, 2.24) is 15.5 Å². The third kappa shape index (κ3) is 3.87. The molecule has 1 heterocycles. The maximum atomic E-state index is 11.8. The maximum absolute atomic E-state index is 11.8. The fourth-order valence-corrected chi connectivity index (χ4v) is 1.20. The summed E-state index contributed by atoms with van der Waals surface area (Å²) in [6.45, 7) is 8.87. The highest BCUT2D eigenvalue weighted by Crippen LogP contribution is 2.13. The number of carbonyl (C=O) groups is 2. The van der Waals surface area contributed by atoms with Crippen molar-refractivity contribution in [2.24, 2.45) is 5.41 Å². The number of anilines is 1. The molecule has 100 valence electrons. The van der Waals surface area contributed by atoms with Gasteiger partial charge in [0.25, 0.3) is 0 Å². The SMILES string of the molecule is Cc1cc(NC(=O)C(C)NC(=O)C(C)(C)C)n[nH]1. The molecule has 0 saturated carbocycles. The highest BCUT2D eigenvalue weighted by Gasteiger charge is 2.25. The predicted octanol–water partition coefficient (Wildman–Crippen LogP) is 1.21. The van der Waals surface area contributed by atoms with Gasteiger partial charge in [-0.25, -0.2) is 0 Å². The van der Waals surface area contributed by atoms with E-state index in [4.69, 9.17) is 0 Å². The van der Waals surface area contributed by atoms with Crippen LogP contribution in [0.2, 0.25) is 0 Å². The van der Waals surface area contributed by atoms with Gasteiger partial charge in [-0.05, 0) is 13.8 Å². The van der Waals surface area contributed by atoms with E-state index < -0.39 is 11.5 Å². The standard InChI is InChI=1S/C12H20N4O2/c1-7-6-9(16-15-7)14-10(17)8(2)13-11(18)12(3,4)5/h6,8H,1-5H3,(H,13,18)(H2,14,15,16,17). The largest absolute Gasteiger partial charge is 0.344 e. The second-order valence-corrected chi connectivity index (χ2v) is 5.37. The van der Waals surface area contributed by atoms with Gasteiger partial charge in [0.15, 0.2) is 5.82 Å². The first kappa shape index (κ1) is 14.2. The topological polar surface area (TPSA) is 86.9 Å². The van der Waals surface area contributed by atoms with Crippen molar-refractivity contribution in [3.63, 3.8) is 0 Å². The normalized spacial score (nSPS) is 12.9. The van der Waals surface area contributed by atoms with Crippen LogP contribution in [0.15, 0.2) is 6.07 Å². The van der Waals surface area contributed by atoms with Crippen molar-refractivity contribution >= 4 is 17.6 Å². The van der Waals surface area contributed by atoms with Crippen LogP contribution in [0, 0.1) is 12.3 Å². The number of aryl methyl sites for hydroxylation is 1. The fourth-order valence-electron chi connectivity index (χ4n) is 1.20. The van der Waals surface area contributed by atoms with Crippen molar-refractivity contribution < 1.29 is 9.59 Å². The molecule has 6 heteroatoms. The van der Waals surface area contributed by atoms with Crippen LogP contribution in [0.5, 0.6) is 0 Å². The first-order valence-electron chi connectivity index (χ1n) is 5.84. The summed E-state index contributed by atoms with van der Waals surface area (Å²) in [7, 11) is 0. The van der Waals surface area contributed by atoms with E-state index in [1.807, 2.05) is 6.92 Å². The summed E-state index contributed by atoms with van der Waals surface area (Å²) >= 11 is 0. The minimum absolute atomic E-state index is 0.164. The van der Waals surface area contributed by atoms with Crippen LogP contribution in [0.4, 0.5) is 5.82 Å². The Kier molecular flexibility index (Phi) is 4.11. The van der Waals surface area contributed by atoms with Gasteiger partial charge in [-0.1, -0.05) is 20.8 Å². The quantitative estimate of drug-likeness (QED) is 0.755. The van der Waals surface area contributed by atoms with Crippen LogP contribution in [-0.4, -0.2) is 28.1 Å².